The number of imidazole rings is 2. The van der Waals surface area contributed by atoms with E-state index >= 15 is 0 Å². The highest BCUT2D eigenvalue weighted by molar-refractivity contribution is 5.86. The number of hydrogen-bond acceptors (Lipinski definition) is 3. The molecule has 4 aromatic rings. The van der Waals surface area contributed by atoms with Gasteiger partial charge >= 0.3 is 5.69 Å². The molecule has 0 radical (unpaired) electrons. The van der Waals surface area contributed by atoms with Gasteiger partial charge in [-0.3, -0.25) is 9.13 Å². The fourth-order valence-electron chi connectivity index (χ4n) is 4.78. The molecule has 0 unspecified atom stereocenters. The highest BCUT2D eigenvalue weighted by Gasteiger charge is 2.23. The monoisotopic (exact) mass is 415 g/mol. The van der Waals surface area contributed by atoms with Gasteiger partial charge in [0.2, 0.25) is 0 Å². The second-order valence-corrected chi connectivity index (χ2v) is 8.21. The Kier molecular flexibility index (Phi) is 5.24. The van der Waals surface area contributed by atoms with Gasteiger partial charge in [0.15, 0.2) is 0 Å². The van der Waals surface area contributed by atoms with Crippen LogP contribution >= 0.6 is 0 Å². The number of nitrogens with one attached hydrogen (secondary N) is 2. The number of nitrogens with zero attached hydrogens (tertiary/aromatic N) is 3. The molecule has 0 amide bonds. The Balaban J connectivity index is 1.69. The van der Waals surface area contributed by atoms with Crippen LogP contribution in [0.1, 0.15) is 38.4 Å². The molecule has 31 heavy (non-hydrogen) atoms. The summed E-state index contributed by atoms with van der Waals surface area (Å²) in [6.45, 7) is 7.41. The van der Waals surface area contributed by atoms with Crippen molar-refractivity contribution < 1.29 is 0 Å². The Labute approximate surface area is 181 Å². The van der Waals surface area contributed by atoms with E-state index in [1.54, 1.807) is 0 Å². The van der Waals surface area contributed by atoms with Gasteiger partial charge < -0.3 is 10.3 Å². The van der Waals surface area contributed by atoms with E-state index in [9.17, 15) is 4.79 Å². The second-order valence-electron chi connectivity index (χ2n) is 8.21. The summed E-state index contributed by atoms with van der Waals surface area (Å²) in [5.41, 5.74) is 6.18. The van der Waals surface area contributed by atoms with Crippen LogP contribution in [0.4, 0.5) is 0 Å². The average Bonchev–Trinajstić information content (AvgIpc) is 3.38. The van der Waals surface area contributed by atoms with Crippen LogP contribution in [0.5, 0.6) is 0 Å². The molecule has 0 bridgehead atoms. The summed E-state index contributed by atoms with van der Waals surface area (Å²) < 4.78 is 3.69. The van der Waals surface area contributed by atoms with Crippen molar-refractivity contribution in [3.8, 4) is 22.5 Å². The van der Waals surface area contributed by atoms with E-state index in [-0.39, 0.29) is 5.69 Å². The van der Waals surface area contributed by atoms with Crippen molar-refractivity contribution in [3.63, 3.8) is 0 Å². The van der Waals surface area contributed by atoms with Crippen LogP contribution in [-0.4, -0.2) is 32.2 Å². The number of benzene rings is 2. The number of piperidine rings is 1. The van der Waals surface area contributed by atoms with Crippen LogP contribution in [0, 0.1) is 0 Å². The van der Waals surface area contributed by atoms with E-state index in [1.165, 1.54) is 0 Å². The van der Waals surface area contributed by atoms with E-state index < -0.39 is 0 Å². The molecule has 5 rings (SSSR count). The van der Waals surface area contributed by atoms with E-state index in [0.29, 0.717) is 19.0 Å². The fourth-order valence-corrected chi connectivity index (χ4v) is 4.78. The maximum atomic E-state index is 12.8. The van der Waals surface area contributed by atoms with Crippen LogP contribution in [0.2, 0.25) is 0 Å². The molecule has 0 spiro atoms. The van der Waals surface area contributed by atoms with E-state index in [4.69, 9.17) is 4.98 Å². The smallest absolute Gasteiger partial charge is 0.329 e. The number of aryl methyl sites for hydroxylation is 2. The lowest BCUT2D eigenvalue weighted by Crippen LogP contribution is -2.27. The summed E-state index contributed by atoms with van der Waals surface area (Å²) in [6.07, 6.45) is 2.18. The SMILES string of the molecule is CCn1c(=O)n(CC)c2cc(-c3nc(C4CCNCC4)[nH]c3-c3ccccc3)ccc21. The van der Waals surface area contributed by atoms with Crippen LogP contribution in [0.3, 0.4) is 0 Å². The van der Waals surface area contributed by atoms with E-state index in [1.807, 2.05) is 29.0 Å². The first-order chi connectivity index (χ1) is 15.2. The fraction of sp³-hybridized carbons (Fsp3) is 0.360. The van der Waals surface area contributed by atoms with Gasteiger partial charge in [0.05, 0.1) is 22.4 Å². The number of aromatic amines is 1. The lowest BCUT2D eigenvalue weighted by molar-refractivity contribution is 0.447. The van der Waals surface area contributed by atoms with Crippen molar-refractivity contribution in [2.24, 2.45) is 0 Å². The molecule has 0 atom stereocenters. The number of aromatic nitrogens is 4. The summed E-state index contributed by atoms with van der Waals surface area (Å²) >= 11 is 0. The van der Waals surface area contributed by atoms with Gasteiger partial charge in [-0.25, -0.2) is 9.78 Å². The Bertz CT molecular complexity index is 1260. The molecule has 1 aliphatic heterocycles. The van der Waals surface area contributed by atoms with Gasteiger partial charge in [0.1, 0.15) is 5.82 Å². The number of hydrogen-bond donors (Lipinski definition) is 2. The second kappa shape index (κ2) is 8.19. The first kappa shape index (κ1) is 19.8. The topological polar surface area (TPSA) is 67.6 Å². The van der Waals surface area contributed by atoms with E-state index in [0.717, 1.165) is 65.3 Å². The largest absolute Gasteiger partial charge is 0.341 e. The van der Waals surface area contributed by atoms with Gasteiger partial charge in [-0.05, 0) is 51.9 Å². The predicted octanol–water partition coefficient (Wildman–Crippen LogP) is 4.37. The van der Waals surface area contributed by atoms with Crippen molar-refractivity contribution in [1.82, 2.24) is 24.4 Å². The Morgan fingerprint density at radius 1 is 0.935 bits per heavy atom. The first-order valence-corrected chi connectivity index (χ1v) is 11.3. The van der Waals surface area contributed by atoms with Crippen LogP contribution in [-0.2, 0) is 13.1 Å². The summed E-state index contributed by atoms with van der Waals surface area (Å²) in [4.78, 5) is 21.6. The molecule has 1 fully saturated rings. The molecule has 0 aliphatic carbocycles. The zero-order chi connectivity index (χ0) is 21.4. The van der Waals surface area contributed by atoms with Crippen molar-refractivity contribution in [1.29, 1.82) is 0 Å². The number of fused-ring (bicyclic) bond motifs is 1. The van der Waals surface area contributed by atoms with Crippen LogP contribution in [0.15, 0.2) is 53.3 Å². The third kappa shape index (κ3) is 3.41. The summed E-state index contributed by atoms with van der Waals surface area (Å²) in [5, 5.41) is 3.44. The highest BCUT2D eigenvalue weighted by atomic mass is 16.1. The lowest BCUT2D eigenvalue weighted by atomic mass is 9.98. The van der Waals surface area contributed by atoms with Gasteiger partial charge in [-0.2, -0.15) is 0 Å². The van der Waals surface area contributed by atoms with Gasteiger partial charge in [0.25, 0.3) is 0 Å². The maximum absolute atomic E-state index is 12.8. The highest BCUT2D eigenvalue weighted by Crippen LogP contribution is 2.35. The number of rotatable bonds is 5. The molecule has 2 aromatic heterocycles. The zero-order valence-electron chi connectivity index (χ0n) is 18.2. The van der Waals surface area contributed by atoms with Gasteiger partial charge in [-0.1, -0.05) is 36.4 Å². The van der Waals surface area contributed by atoms with Crippen molar-refractivity contribution in [3.05, 3.63) is 64.8 Å². The molecular weight excluding hydrogens is 386 g/mol. The molecule has 2 N–H and O–H groups in total. The molecule has 2 aromatic carbocycles. The predicted molar refractivity (Wildman–Crippen MR) is 125 cm³/mol. The standard InChI is InChI=1S/C25H29N5O/c1-3-29-20-11-10-19(16-21(20)30(4-2)25(29)31)23-22(17-8-6-5-7-9-17)27-24(28-23)18-12-14-26-15-13-18/h5-11,16,18,26H,3-4,12-15H2,1-2H3,(H,27,28). The first-order valence-electron chi connectivity index (χ1n) is 11.3. The lowest BCUT2D eigenvalue weighted by Gasteiger charge is -2.20. The summed E-state index contributed by atoms with van der Waals surface area (Å²) in [7, 11) is 0. The minimum Gasteiger partial charge on any atom is -0.341 e. The molecule has 1 saturated heterocycles. The van der Waals surface area contributed by atoms with Crippen LogP contribution < -0.4 is 11.0 Å². The minimum absolute atomic E-state index is 0.0536. The summed E-state index contributed by atoms with van der Waals surface area (Å²) in [6, 6.07) is 16.7. The van der Waals surface area contributed by atoms with Crippen molar-refractivity contribution in [2.45, 2.75) is 45.7 Å². The normalized spacial score (nSPS) is 15.0. The Morgan fingerprint density at radius 3 is 2.35 bits per heavy atom. The molecule has 0 saturated carbocycles. The zero-order valence-corrected chi connectivity index (χ0v) is 18.2. The molecule has 3 heterocycles. The molecular formula is C25H29N5O. The molecule has 6 heteroatoms. The third-order valence-corrected chi connectivity index (χ3v) is 6.44. The molecule has 160 valence electrons. The Hall–Kier alpha value is -3.12. The molecule has 6 nitrogen and oxygen atoms in total. The minimum atomic E-state index is 0.0536. The summed E-state index contributed by atoms with van der Waals surface area (Å²) in [5.74, 6) is 1.51. The van der Waals surface area contributed by atoms with E-state index in [2.05, 4.69) is 52.8 Å². The van der Waals surface area contributed by atoms with Crippen molar-refractivity contribution >= 4 is 11.0 Å². The van der Waals surface area contributed by atoms with Gasteiger partial charge in [-0.15, -0.1) is 0 Å². The maximum Gasteiger partial charge on any atom is 0.329 e. The molecule has 1 aliphatic rings. The van der Waals surface area contributed by atoms with Crippen molar-refractivity contribution in [2.75, 3.05) is 13.1 Å². The van der Waals surface area contributed by atoms with Gasteiger partial charge in [0, 0.05) is 30.1 Å². The Morgan fingerprint density at radius 2 is 1.65 bits per heavy atom. The number of H-pyrrole nitrogens is 1. The van der Waals surface area contributed by atoms with Crippen LogP contribution in [0.25, 0.3) is 33.5 Å². The average molecular weight is 416 g/mol. The quantitative estimate of drug-likeness (QED) is 0.509. The third-order valence-electron chi connectivity index (χ3n) is 6.44.